The number of rotatable bonds is 4. The van der Waals surface area contributed by atoms with Crippen molar-refractivity contribution in [3.8, 4) is 0 Å². The van der Waals surface area contributed by atoms with E-state index in [0.717, 1.165) is 12.8 Å². The first-order valence-corrected chi connectivity index (χ1v) is 6.97. The summed E-state index contributed by atoms with van der Waals surface area (Å²) in [6.07, 6.45) is 3.93. The van der Waals surface area contributed by atoms with Crippen LogP contribution in [0.15, 0.2) is 12.3 Å². The smallest absolute Gasteiger partial charge is 0.329 e. The predicted molar refractivity (Wildman–Crippen MR) is 77.2 cm³/mol. The zero-order valence-corrected chi connectivity index (χ0v) is 12.1. The zero-order chi connectivity index (χ0) is 15.6. The summed E-state index contributed by atoms with van der Waals surface area (Å²) in [4.78, 5) is 26.3. The highest BCUT2D eigenvalue weighted by Crippen LogP contribution is 2.36. The molecular weight excluding hydrogens is 274 g/mol. The number of hydrogen-bond acceptors (Lipinski definition) is 5. The Hall–Kier alpha value is -2.18. The number of nitro groups is 1. The number of anilines is 1. The summed E-state index contributed by atoms with van der Waals surface area (Å²) < 4.78 is 0. The molecule has 0 spiro atoms. The lowest BCUT2D eigenvalue weighted by Gasteiger charge is -2.36. The van der Waals surface area contributed by atoms with E-state index in [1.165, 1.54) is 12.3 Å². The van der Waals surface area contributed by atoms with Crippen molar-refractivity contribution in [1.82, 2.24) is 4.98 Å². The SMILES string of the molecule is Cc1cnc(NC2(C(=O)O)CCC(C)CC2)c([N+](=O)[O-])c1. The number of pyridine rings is 1. The Morgan fingerprint density at radius 1 is 1.52 bits per heavy atom. The molecule has 0 amide bonds. The first-order chi connectivity index (χ1) is 9.84. The van der Waals surface area contributed by atoms with Crippen molar-refractivity contribution in [2.75, 3.05) is 5.32 Å². The molecule has 1 aliphatic carbocycles. The summed E-state index contributed by atoms with van der Waals surface area (Å²) in [6, 6.07) is 1.40. The topological polar surface area (TPSA) is 105 Å². The van der Waals surface area contributed by atoms with Gasteiger partial charge in [0.15, 0.2) is 0 Å². The molecule has 1 aromatic heterocycles. The summed E-state index contributed by atoms with van der Waals surface area (Å²) >= 11 is 0. The van der Waals surface area contributed by atoms with Gasteiger partial charge in [0.25, 0.3) is 0 Å². The fraction of sp³-hybridized carbons (Fsp3) is 0.571. The monoisotopic (exact) mass is 293 g/mol. The van der Waals surface area contributed by atoms with E-state index in [2.05, 4.69) is 17.2 Å². The van der Waals surface area contributed by atoms with Crippen LogP contribution < -0.4 is 5.32 Å². The summed E-state index contributed by atoms with van der Waals surface area (Å²) in [7, 11) is 0. The average molecular weight is 293 g/mol. The summed E-state index contributed by atoms with van der Waals surface area (Å²) in [6.45, 7) is 3.79. The molecule has 0 bridgehead atoms. The summed E-state index contributed by atoms with van der Waals surface area (Å²) in [5.41, 5.74) is -0.692. The van der Waals surface area contributed by atoms with Gasteiger partial charge in [0.2, 0.25) is 5.82 Å². The van der Waals surface area contributed by atoms with Crippen molar-refractivity contribution in [2.45, 2.75) is 45.1 Å². The van der Waals surface area contributed by atoms with E-state index in [1.54, 1.807) is 6.92 Å². The third-order valence-electron chi connectivity index (χ3n) is 4.10. The molecule has 1 aromatic rings. The lowest BCUT2D eigenvalue weighted by molar-refractivity contribution is -0.384. The van der Waals surface area contributed by atoms with E-state index in [1.807, 2.05) is 0 Å². The molecule has 1 saturated carbocycles. The Kier molecular flexibility index (Phi) is 4.11. The van der Waals surface area contributed by atoms with Crippen molar-refractivity contribution >= 4 is 17.5 Å². The van der Waals surface area contributed by atoms with Crippen LogP contribution >= 0.6 is 0 Å². The van der Waals surface area contributed by atoms with Crippen LogP contribution in [0.4, 0.5) is 11.5 Å². The second-order valence-electron chi connectivity index (χ2n) is 5.83. The Balaban J connectivity index is 2.34. The molecule has 0 atom stereocenters. The molecule has 7 nitrogen and oxygen atoms in total. The first-order valence-electron chi connectivity index (χ1n) is 6.97. The number of nitrogens with one attached hydrogen (secondary N) is 1. The molecule has 1 fully saturated rings. The largest absolute Gasteiger partial charge is 0.480 e. The minimum atomic E-state index is -1.17. The number of carboxylic acids is 1. The van der Waals surface area contributed by atoms with Crippen LogP contribution in [0.25, 0.3) is 0 Å². The van der Waals surface area contributed by atoms with Gasteiger partial charge in [0.1, 0.15) is 5.54 Å². The molecule has 0 unspecified atom stereocenters. The van der Waals surface area contributed by atoms with Crippen molar-refractivity contribution in [3.05, 3.63) is 27.9 Å². The van der Waals surface area contributed by atoms with Gasteiger partial charge in [-0.15, -0.1) is 0 Å². The Bertz CT molecular complexity index is 565. The van der Waals surface area contributed by atoms with Gasteiger partial charge < -0.3 is 10.4 Å². The van der Waals surface area contributed by atoms with Crippen molar-refractivity contribution in [1.29, 1.82) is 0 Å². The van der Waals surface area contributed by atoms with Gasteiger partial charge in [0, 0.05) is 12.3 Å². The lowest BCUT2D eigenvalue weighted by atomic mass is 9.77. The maximum Gasteiger partial charge on any atom is 0.329 e. The zero-order valence-electron chi connectivity index (χ0n) is 12.1. The number of hydrogen-bond donors (Lipinski definition) is 2. The molecule has 0 aromatic carbocycles. The lowest BCUT2D eigenvalue weighted by Crippen LogP contribution is -2.49. The van der Waals surface area contributed by atoms with E-state index in [-0.39, 0.29) is 11.5 Å². The third kappa shape index (κ3) is 3.12. The van der Waals surface area contributed by atoms with Gasteiger partial charge in [-0.3, -0.25) is 10.1 Å². The first kappa shape index (κ1) is 15.2. The number of carbonyl (C=O) groups is 1. The minimum Gasteiger partial charge on any atom is -0.480 e. The number of aliphatic carboxylic acids is 1. The van der Waals surface area contributed by atoms with Crippen LogP contribution in [-0.2, 0) is 4.79 Å². The van der Waals surface area contributed by atoms with Gasteiger partial charge in [-0.2, -0.15) is 0 Å². The van der Waals surface area contributed by atoms with Crippen molar-refractivity contribution < 1.29 is 14.8 Å². The Morgan fingerprint density at radius 3 is 2.67 bits per heavy atom. The van der Waals surface area contributed by atoms with Gasteiger partial charge in [-0.1, -0.05) is 6.92 Å². The van der Waals surface area contributed by atoms with Crippen LogP contribution in [0.5, 0.6) is 0 Å². The molecule has 7 heteroatoms. The van der Waals surface area contributed by atoms with E-state index in [0.29, 0.717) is 24.3 Å². The quantitative estimate of drug-likeness (QED) is 0.653. The summed E-state index contributed by atoms with van der Waals surface area (Å²) in [5.74, 6) is -0.478. The molecular formula is C14H19N3O4. The van der Waals surface area contributed by atoms with E-state index in [4.69, 9.17) is 0 Å². The molecule has 0 saturated heterocycles. The molecule has 0 aliphatic heterocycles. The van der Waals surface area contributed by atoms with Crippen LogP contribution in [-0.4, -0.2) is 26.5 Å². The van der Waals surface area contributed by atoms with Crippen LogP contribution in [0.3, 0.4) is 0 Å². The highest BCUT2D eigenvalue weighted by molar-refractivity contribution is 5.83. The number of aromatic nitrogens is 1. The average Bonchev–Trinajstić information content (AvgIpc) is 2.43. The van der Waals surface area contributed by atoms with Gasteiger partial charge in [-0.05, 0) is 44.1 Å². The molecule has 1 aliphatic rings. The molecule has 2 rings (SSSR count). The molecule has 0 radical (unpaired) electrons. The normalized spacial score (nSPS) is 25.3. The van der Waals surface area contributed by atoms with E-state index in [9.17, 15) is 20.0 Å². The molecule has 114 valence electrons. The van der Waals surface area contributed by atoms with E-state index >= 15 is 0 Å². The second-order valence-corrected chi connectivity index (χ2v) is 5.83. The molecule has 2 N–H and O–H groups in total. The molecule has 1 heterocycles. The Labute approximate surface area is 122 Å². The minimum absolute atomic E-state index is 0.0301. The third-order valence-corrected chi connectivity index (χ3v) is 4.10. The maximum absolute atomic E-state index is 11.7. The number of aryl methyl sites for hydroxylation is 1. The highest BCUT2D eigenvalue weighted by Gasteiger charge is 2.42. The Morgan fingerprint density at radius 2 is 2.14 bits per heavy atom. The molecule has 21 heavy (non-hydrogen) atoms. The van der Waals surface area contributed by atoms with Crippen LogP contribution in [0.2, 0.25) is 0 Å². The van der Waals surface area contributed by atoms with Gasteiger partial charge in [0.05, 0.1) is 4.92 Å². The number of carboxylic acid groups (broad SMARTS) is 1. The highest BCUT2D eigenvalue weighted by atomic mass is 16.6. The standard InChI is InChI=1S/C14H19N3O4/c1-9-3-5-14(6-4-9,13(18)19)16-12-11(17(20)21)7-10(2)8-15-12/h7-9H,3-6H2,1-2H3,(H,15,16)(H,18,19). The van der Waals surface area contributed by atoms with Crippen LogP contribution in [0.1, 0.15) is 38.2 Å². The van der Waals surface area contributed by atoms with Crippen LogP contribution in [0, 0.1) is 23.0 Å². The fourth-order valence-electron chi connectivity index (χ4n) is 2.66. The predicted octanol–water partition coefficient (Wildman–Crippen LogP) is 2.74. The number of nitrogens with zero attached hydrogens (tertiary/aromatic N) is 2. The van der Waals surface area contributed by atoms with Crippen molar-refractivity contribution in [3.63, 3.8) is 0 Å². The van der Waals surface area contributed by atoms with Gasteiger partial charge >= 0.3 is 11.7 Å². The second kappa shape index (κ2) is 5.67. The summed E-state index contributed by atoms with van der Waals surface area (Å²) in [5, 5.41) is 23.5. The van der Waals surface area contributed by atoms with E-state index < -0.39 is 16.4 Å². The van der Waals surface area contributed by atoms with Crippen molar-refractivity contribution in [2.24, 2.45) is 5.92 Å². The fourth-order valence-corrected chi connectivity index (χ4v) is 2.66. The van der Waals surface area contributed by atoms with Gasteiger partial charge in [-0.25, -0.2) is 9.78 Å². The maximum atomic E-state index is 11.7.